The highest BCUT2D eigenvalue weighted by Gasteiger charge is 2.40. The molecule has 5 nitrogen and oxygen atoms in total. The fraction of sp³-hybridized carbons (Fsp3) is 0.545. The third-order valence-electron chi connectivity index (χ3n) is 3.25. The van der Waals surface area contributed by atoms with E-state index in [1.165, 1.54) is 12.8 Å². The lowest BCUT2D eigenvalue weighted by atomic mass is 10.0. The van der Waals surface area contributed by atoms with E-state index < -0.39 is 0 Å². The molecule has 5 heteroatoms. The molecule has 1 aromatic rings. The van der Waals surface area contributed by atoms with Crippen molar-refractivity contribution in [1.29, 1.82) is 0 Å². The lowest BCUT2D eigenvalue weighted by Gasteiger charge is -2.12. The SMILES string of the molecule is CCC1(CNC(=O)c2ccc(N)nn2)CC1. The molecule has 1 aromatic heterocycles. The Morgan fingerprint density at radius 2 is 2.25 bits per heavy atom. The number of nitrogens with two attached hydrogens (primary N) is 1. The average Bonchev–Trinajstić information content (AvgIpc) is 3.08. The van der Waals surface area contributed by atoms with Crippen molar-refractivity contribution in [2.24, 2.45) is 5.41 Å². The Bertz CT molecular complexity index is 383. The zero-order chi connectivity index (χ0) is 11.6. The Morgan fingerprint density at radius 1 is 1.50 bits per heavy atom. The summed E-state index contributed by atoms with van der Waals surface area (Å²) in [5, 5.41) is 10.3. The van der Waals surface area contributed by atoms with Gasteiger partial charge >= 0.3 is 0 Å². The van der Waals surface area contributed by atoms with E-state index in [9.17, 15) is 4.79 Å². The van der Waals surface area contributed by atoms with E-state index in [-0.39, 0.29) is 5.91 Å². The minimum Gasteiger partial charge on any atom is -0.382 e. The van der Waals surface area contributed by atoms with Crippen LogP contribution in [0.4, 0.5) is 5.82 Å². The minimum absolute atomic E-state index is 0.174. The van der Waals surface area contributed by atoms with Crippen LogP contribution >= 0.6 is 0 Å². The third kappa shape index (κ3) is 2.29. The van der Waals surface area contributed by atoms with E-state index >= 15 is 0 Å². The number of amides is 1. The van der Waals surface area contributed by atoms with Gasteiger partial charge in [-0.25, -0.2) is 0 Å². The van der Waals surface area contributed by atoms with E-state index in [2.05, 4.69) is 22.4 Å². The predicted octanol–water partition coefficient (Wildman–Crippen LogP) is 0.979. The van der Waals surface area contributed by atoms with Gasteiger partial charge in [-0.05, 0) is 36.8 Å². The Balaban J connectivity index is 1.91. The number of nitrogens with zero attached hydrogens (tertiary/aromatic N) is 2. The summed E-state index contributed by atoms with van der Waals surface area (Å²) in [5.41, 5.74) is 6.06. The van der Waals surface area contributed by atoms with Gasteiger partial charge in [-0.3, -0.25) is 4.79 Å². The van der Waals surface area contributed by atoms with Crippen LogP contribution in [0.25, 0.3) is 0 Å². The molecule has 0 saturated heterocycles. The first kappa shape index (κ1) is 10.9. The number of carbonyl (C=O) groups excluding carboxylic acids is 1. The van der Waals surface area contributed by atoms with Crippen LogP contribution in [0.2, 0.25) is 0 Å². The first-order chi connectivity index (χ1) is 7.65. The second-order valence-electron chi connectivity index (χ2n) is 4.38. The van der Waals surface area contributed by atoms with Crippen LogP contribution in [0.3, 0.4) is 0 Å². The molecule has 1 aliphatic carbocycles. The van der Waals surface area contributed by atoms with Crippen molar-refractivity contribution in [2.75, 3.05) is 12.3 Å². The van der Waals surface area contributed by atoms with E-state index in [4.69, 9.17) is 5.73 Å². The maximum absolute atomic E-state index is 11.7. The molecular formula is C11H16N4O. The molecule has 0 aromatic carbocycles. The molecule has 3 N–H and O–H groups in total. The predicted molar refractivity (Wildman–Crippen MR) is 60.7 cm³/mol. The van der Waals surface area contributed by atoms with Crippen molar-refractivity contribution >= 4 is 11.7 Å². The summed E-state index contributed by atoms with van der Waals surface area (Å²) < 4.78 is 0. The van der Waals surface area contributed by atoms with Crippen LogP contribution < -0.4 is 11.1 Å². The number of rotatable bonds is 4. The summed E-state index contributed by atoms with van der Waals surface area (Å²) in [5.74, 6) is 0.149. The lowest BCUT2D eigenvalue weighted by molar-refractivity contribution is 0.0938. The number of hydrogen-bond acceptors (Lipinski definition) is 4. The van der Waals surface area contributed by atoms with Crippen molar-refractivity contribution in [3.8, 4) is 0 Å². The van der Waals surface area contributed by atoms with Crippen molar-refractivity contribution < 1.29 is 4.79 Å². The Hall–Kier alpha value is -1.65. The van der Waals surface area contributed by atoms with Crippen molar-refractivity contribution in [3.63, 3.8) is 0 Å². The van der Waals surface area contributed by atoms with E-state index in [1.54, 1.807) is 12.1 Å². The van der Waals surface area contributed by atoms with Crippen LogP contribution in [-0.2, 0) is 0 Å². The topological polar surface area (TPSA) is 80.9 Å². The molecule has 1 saturated carbocycles. The first-order valence-corrected chi connectivity index (χ1v) is 5.53. The number of nitrogens with one attached hydrogen (secondary N) is 1. The molecular weight excluding hydrogens is 204 g/mol. The van der Waals surface area contributed by atoms with Gasteiger partial charge in [0, 0.05) is 6.54 Å². The average molecular weight is 220 g/mol. The van der Waals surface area contributed by atoms with Gasteiger partial charge in [0.1, 0.15) is 5.82 Å². The van der Waals surface area contributed by atoms with Gasteiger partial charge in [-0.2, -0.15) is 0 Å². The quantitative estimate of drug-likeness (QED) is 0.792. The summed E-state index contributed by atoms with van der Waals surface area (Å²) in [6.07, 6.45) is 3.52. The van der Waals surface area contributed by atoms with Gasteiger partial charge in [0.2, 0.25) is 0 Å². The van der Waals surface area contributed by atoms with Crippen LogP contribution in [0.15, 0.2) is 12.1 Å². The number of nitrogen functional groups attached to an aromatic ring is 1. The third-order valence-corrected chi connectivity index (χ3v) is 3.25. The Kier molecular flexibility index (Phi) is 2.77. The molecule has 0 radical (unpaired) electrons. The summed E-state index contributed by atoms with van der Waals surface area (Å²) in [4.78, 5) is 11.7. The molecule has 1 fully saturated rings. The number of anilines is 1. The highest BCUT2D eigenvalue weighted by molar-refractivity contribution is 5.92. The molecule has 0 spiro atoms. The van der Waals surface area contributed by atoms with Crippen LogP contribution in [0.5, 0.6) is 0 Å². The molecule has 0 bridgehead atoms. The normalized spacial score (nSPS) is 16.8. The molecule has 0 unspecified atom stereocenters. The second kappa shape index (κ2) is 4.08. The standard InChI is InChI=1S/C11H16N4O/c1-2-11(5-6-11)7-13-10(16)8-3-4-9(12)15-14-8/h3-4H,2,5-7H2,1H3,(H2,12,15)(H,13,16). The van der Waals surface area contributed by atoms with Crippen LogP contribution in [0, 0.1) is 5.41 Å². The monoisotopic (exact) mass is 220 g/mol. The number of carbonyl (C=O) groups is 1. The lowest BCUT2D eigenvalue weighted by Crippen LogP contribution is -2.30. The Labute approximate surface area is 94.4 Å². The molecule has 2 rings (SSSR count). The van der Waals surface area contributed by atoms with E-state index in [0.717, 1.165) is 13.0 Å². The highest BCUT2D eigenvalue weighted by Crippen LogP contribution is 2.47. The van der Waals surface area contributed by atoms with Gasteiger partial charge < -0.3 is 11.1 Å². The maximum Gasteiger partial charge on any atom is 0.271 e. The molecule has 1 amide bonds. The van der Waals surface area contributed by atoms with Gasteiger partial charge in [-0.15, -0.1) is 10.2 Å². The number of hydrogen-bond donors (Lipinski definition) is 2. The van der Waals surface area contributed by atoms with Gasteiger partial charge in [0.25, 0.3) is 5.91 Å². The zero-order valence-corrected chi connectivity index (χ0v) is 9.36. The summed E-state index contributed by atoms with van der Waals surface area (Å²) in [6, 6.07) is 3.16. The molecule has 1 aliphatic rings. The maximum atomic E-state index is 11.7. The molecule has 0 aliphatic heterocycles. The second-order valence-corrected chi connectivity index (χ2v) is 4.38. The highest BCUT2D eigenvalue weighted by atomic mass is 16.1. The Morgan fingerprint density at radius 3 is 2.75 bits per heavy atom. The fourth-order valence-electron chi connectivity index (χ4n) is 1.65. The smallest absolute Gasteiger partial charge is 0.271 e. The first-order valence-electron chi connectivity index (χ1n) is 5.53. The van der Waals surface area contributed by atoms with Crippen molar-refractivity contribution in [1.82, 2.24) is 15.5 Å². The number of aromatic nitrogens is 2. The van der Waals surface area contributed by atoms with Crippen molar-refractivity contribution in [3.05, 3.63) is 17.8 Å². The van der Waals surface area contributed by atoms with Crippen LogP contribution in [-0.4, -0.2) is 22.6 Å². The fourth-order valence-corrected chi connectivity index (χ4v) is 1.65. The molecule has 1 heterocycles. The minimum atomic E-state index is -0.174. The summed E-state index contributed by atoms with van der Waals surface area (Å²) in [7, 11) is 0. The van der Waals surface area contributed by atoms with Crippen molar-refractivity contribution in [2.45, 2.75) is 26.2 Å². The summed E-state index contributed by atoms with van der Waals surface area (Å²) >= 11 is 0. The van der Waals surface area contributed by atoms with Gasteiger partial charge in [0.15, 0.2) is 5.69 Å². The zero-order valence-electron chi connectivity index (χ0n) is 9.36. The molecule has 86 valence electrons. The largest absolute Gasteiger partial charge is 0.382 e. The molecule has 16 heavy (non-hydrogen) atoms. The van der Waals surface area contributed by atoms with Gasteiger partial charge in [0.05, 0.1) is 0 Å². The molecule has 0 atom stereocenters. The summed E-state index contributed by atoms with van der Waals surface area (Å²) in [6.45, 7) is 2.89. The van der Waals surface area contributed by atoms with E-state index in [1.807, 2.05) is 0 Å². The van der Waals surface area contributed by atoms with Crippen LogP contribution in [0.1, 0.15) is 36.7 Å². The van der Waals surface area contributed by atoms with E-state index in [0.29, 0.717) is 16.9 Å². The van der Waals surface area contributed by atoms with Gasteiger partial charge in [-0.1, -0.05) is 6.92 Å².